The zero-order chi connectivity index (χ0) is 7.40. The lowest BCUT2D eigenvalue weighted by Gasteiger charge is -1.98. The van der Waals surface area contributed by atoms with Crippen LogP contribution in [0, 0.1) is 0 Å². The minimum Gasteiger partial charge on any atom is -0.290 e. The van der Waals surface area contributed by atoms with Gasteiger partial charge >= 0.3 is 0 Å². The van der Waals surface area contributed by atoms with Crippen LogP contribution in [0.3, 0.4) is 0 Å². The van der Waals surface area contributed by atoms with E-state index in [9.17, 15) is 0 Å². The second-order valence-corrected chi connectivity index (χ2v) is 1.49. The van der Waals surface area contributed by atoms with Gasteiger partial charge in [-0.3, -0.25) is 15.9 Å². The van der Waals surface area contributed by atoms with Gasteiger partial charge < -0.3 is 0 Å². The SMILES string of the molecule is ONc1ccnc(NO)n1. The Labute approximate surface area is 56.5 Å². The molecule has 0 saturated carbocycles. The molecule has 0 atom stereocenters. The van der Waals surface area contributed by atoms with Crippen molar-refractivity contribution in [2.75, 3.05) is 11.0 Å². The van der Waals surface area contributed by atoms with Gasteiger partial charge in [0.1, 0.15) is 0 Å². The lowest BCUT2D eigenvalue weighted by molar-refractivity contribution is 0.377. The molecule has 0 aliphatic rings. The van der Waals surface area contributed by atoms with Crippen LogP contribution in [-0.2, 0) is 0 Å². The third kappa shape index (κ3) is 1.30. The summed E-state index contributed by atoms with van der Waals surface area (Å²) in [6.45, 7) is 0. The summed E-state index contributed by atoms with van der Waals surface area (Å²) in [5.41, 5.74) is 3.53. The summed E-state index contributed by atoms with van der Waals surface area (Å²) in [7, 11) is 0. The molecule has 1 aromatic rings. The maximum atomic E-state index is 8.31. The van der Waals surface area contributed by atoms with Gasteiger partial charge in [0.05, 0.1) is 0 Å². The monoisotopic (exact) mass is 142 g/mol. The van der Waals surface area contributed by atoms with E-state index in [-0.39, 0.29) is 11.8 Å². The van der Waals surface area contributed by atoms with Gasteiger partial charge in [0.2, 0.25) is 5.95 Å². The Morgan fingerprint density at radius 3 is 2.70 bits per heavy atom. The van der Waals surface area contributed by atoms with E-state index in [4.69, 9.17) is 10.4 Å². The van der Waals surface area contributed by atoms with Crippen molar-refractivity contribution < 1.29 is 10.4 Å². The third-order valence-electron chi connectivity index (χ3n) is 0.870. The predicted octanol–water partition coefficient (Wildman–Crippen LogP) is 0.0788. The molecule has 0 aromatic carbocycles. The minimum absolute atomic E-state index is 0.0269. The molecule has 6 heteroatoms. The Morgan fingerprint density at radius 2 is 2.10 bits per heavy atom. The number of aromatic nitrogens is 2. The molecule has 6 nitrogen and oxygen atoms in total. The maximum absolute atomic E-state index is 8.31. The Balaban J connectivity index is 2.87. The van der Waals surface area contributed by atoms with Crippen LogP contribution in [0.25, 0.3) is 0 Å². The number of nitrogens with zero attached hydrogens (tertiary/aromatic N) is 2. The van der Waals surface area contributed by atoms with Gasteiger partial charge in [-0.05, 0) is 0 Å². The van der Waals surface area contributed by atoms with Crippen LogP contribution in [0.4, 0.5) is 11.8 Å². The van der Waals surface area contributed by atoms with Crippen molar-refractivity contribution in [2.45, 2.75) is 0 Å². The fourth-order valence-electron chi connectivity index (χ4n) is 0.475. The average molecular weight is 142 g/mol. The smallest absolute Gasteiger partial charge is 0.248 e. The van der Waals surface area contributed by atoms with E-state index in [1.54, 1.807) is 11.0 Å². The molecule has 54 valence electrons. The number of hydrogen-bond acceptors (Lipinski definition) is 6. The Bertz CT molecular complexity index is 197. The highest BCUT2D eigenvalue weighted by atomic mass is 16.5. The topological polar surface area (TPSA) is 90.3 Å². The summed E-state index contributed by atoms with van der Waals surface area (Å²) in [6.07, 6.45) is 1.38. The molecule has 0 fully saturated rings. The molecule has 0 radical (unpaired) electrons. The van der Waals surface area contributed by atoms with Crippen LogP contribution >= 0.6 is 0 Å². The summed E-state index contributed by atoms with van der Waals surface area (Å²) < 4.78 is 0. The molecule has 0 saturated heterocycles. The Kier molecular flexibility index (Phi) is 1.98. The highest BCUT2D eigenvalue weighted by molar-refractivity contribution is 5.35. The van der Waals surface area contributed by atoms with Crippen molar-refractivity contribution in [3.05, 3.63) is 12.3 Å². The fraction of sp³-hybridized carbons (Fsp3) is 0. The Hall–Kier alpha value is -1.40. The molecule has 1 heterocycles. The van der Waals surface area contributed by atoms with Gasteiger partial charge in [0, 0.05) is 12.3 Å². The lowest BCUT2D eigenvalue weighted by atomic mass is 10.6. The van der Waals surface area contributed by atoms with Gasteiger partial charge in [0.25, 0.3) is 0 Å². The summed E-state index contributed by atoms with van der Waals surface area (Å²) in [5, 5.41) is 16.6. The van der Waals surface area contributed by atoms with Crippen molar-refractivity contribution >= 4 is 11.8 Å². The number of anilines is 2. The summed E-state index contributed by atoms with van der Waals surface area (Å²) in [4.78, 5) is 7.16. The molecule has 0 unspecified atom stereocenters. The number of nitrogens with one attached hydrogen (secondary N) is 2. The zero-order valence-electron chi connectivity index (χ0n) is 4.94. The highest BCUT2D eigenvalue weighted by Crippen LogP contribution is 2.02. The van der Waals surface area contributed by atoms with Gasteiger partial charge in [-0.15, -0.1) is 0 Å². The van der Waals surface area contributed by atoms with Gasteiger partial charge in [-0.25, -0.2) is 10.5 Å². The van der Waals surface area contributed by atoms with E-state index >= 15 is 0 Å². The third-order valence-corrected chi connectivity index (χ3v) is 0.870. The molecule has 0 spiro atoms. The molecule has 0 aliphatic heterocycles. The van der Waals surface area contributed by atoms with E-state index in [0.29, 0.717) is 0 Å². The normalized spacial score (nSPS) is 9.00. The molecule has 0 bridgehead atoms. The van der Waals surface area contributed by atoms with Crippen LogP contribution < -0.4 is 11.0 Å². The second-order valence-electron chi connectivity index (χ2n) is 1.49. The van der Waals surface area contributed by atoms with Gasteiger partial charge in [-0.1, -0.05) is 0 Å². The predicted molar refractivity (Wildman–Crippen MR) is 32.9 cm³/mol. The van der Waals surface area contributed by atoms with Crippen molar-refractivity contribution in [1.29, 1.82) is 0 Å². The average Bonchev–Trinajstić information content (AvgIpc) is 2.05. The Morgan fingerprint density at radius 1 is 1.30 bits per heavy atom. The van der Waals surface area contributed by atoms with E-state index in [1.165, 1.54) is 12.3 Å². The van der Waals surface area contributed by atoms with Crippen molar-refractivity contribution in [1.82, 2.24) is 9.97 Å². The molecular formula is C4H6N4O2. The molecule has 10 heavy (non-hydrogen) atoms. The second kappa shape index (κ2) is 2.95. The van der Waals surface area contributed by atoms with Gasteiger partial charge in [0.15, 0.2) is 5.82 Å². The van der Waals surface area contributed by atoms with Crippen molar-refractivity contribution in [3.63, 3.8) is 0 Å². The highest BCUT2D eigenvalue weighted by Gasteiger charge is 1.93. The number of hydrogen-bond donors (Lipinski definition) is 4. The molecule has 1 aromatic heterocycles. The first kappa shape index (κ1) is 6.72. The first-order chi connectivity index (χ1) is 4.86. The van der Waals surface area contributed by atoms with Crippen molar-refractivity contribution in [2.24, 2.45) is 0 Å². The summed E-state index contributed by atoms with van der Waals surface area (Å²) >= 11 is 0. The minimum atomic E-state index is 0.0269. The summed E-state index contributed by atoms with van der Waals surface area (Å²) in [5.74, 6) is 0.241. The molecule has 1 rings (SSSR count). The van der Waals surface area contributed by atoms with Crippen molar-refractivity contribution in [3.8, 4) is 0 Å². The van der Waals surface area contributed by atoms with Crippen LogP contribution in [0.1, 0.15) is 0 Å². The summed E-state index contributed by atoms with van der Waals surface area (Å²) in [6, 6.07) is 1.45. The van der Waals surface area contributed by atoms with Crippen LogP contribution in [-0.4, -0.2) is 20.4 Å². The maximum Gasteiger partial charge on any atom is 0.248 e. The van der Waals surface area contributed by atoms with Crippen LogP contribution in [0.15, 0.2) is 12.3 Å². The first-order valence-electron chi connectivity index (χ1n) is 2.50. The molecular weight excluding hydrogens is 136 g/mol. The van der Waals surface area contributed by atoms with E-state index in [1.807, 2.05) is 0 Å². The quantitative estimate of drug-likeness (QED) is 0.437. The standard InChI is InChI=1S/C4H6N4O2/c9-7-3-1-2-5-4(6-3)8-10/h1-2,9-10H,(H2,5,6,7,8). The van der Waals surface area contributed by atoms with Crippen LogP contribution in [0.5, 0.6) is 0 Å². The first-order valence-corrected chi connectivity index (χ1v) is 2.50. The van der Waals surface area contributed by atoms with Crippen LogP contribution in [0.2, 0.25) is 0 Å². The molecule has 0 amide bonds. The number of rotatable bonds is 2. The molecule has 4 N–H and O–H groups in total. The van der Waals surface area contributed by atoms with E-state index < -0.39 is 0 Å². The lowest BCUT2D eigenvalue weighted by Crippen LogP contribution is -1.99. The van der Waals surface area contributed by atoms with E-state index in [2.05, 4.69) is 9.97 Å². The van der Waals surface area contributed by atoms with E-state index in [0.717, 1.165) is 0 Å². The molecule has 0 aliphatic carbocycles. The largest absolute Gasteiger partial charge is 0.290 e. The van der Waals surface area contributed by atoms with Gasteiger partial charge in [-0.2, -0.15) is 4.98 Å². The fourth-order valence-corrected chi connectivity index (χ4v) is 0.475. The zero-order valence-corrected chi connectivity index (χ0v) is 4.94.